The number of aliphatic hydroxyl groups is 1. The molecule has 1 heterocycles. The normalized spacial score (nSPS) is 10.4. The summed E-state index contributed by atoms with van der Waals surface area (Å²) < 4.78 is 6.50. The van der Waals surface area contributed by atoms with Gasteiger partial charge in [-0.2, -0.15) is 0 Å². The largest absolute Gasteiger partial charge is 0.486 e. The predicted molar refractivity (Wildman–Crippen MR) is 73.6 cm³/mol. The Labute approximate surface area is 119 Å². The lowest BCUT2D eigenvalue weighted by Gasteiger charge is -2.08. The molecule has 1 N–H and O–H groups in total. The van der Waals surface area contributed by atoms with Gasteiger partial charge in [0.1, 0.15) is 12.4 Å². The topological polar surface area (TPSA) is 42.4 Å². The first-order valence-corrected chi connectivity index (χ1v) is 6.48. The molecule has 0 unspecified atom stereocenters. The summed E-state index contributed by atoms with van der Waals surface area (Å²) in [4.78, 5) is 4.20. The Bertz CT molecular complexity index is 531. The second kappa shape index (κ2) is 6.18. The molecule has 2 aromatic rings. The van der Waals surface area contributed by atoms with Crippen molar-refractivity contribution in [3.05, 3.63) is 57.3 Å². The maximum absolute atomic E-state index is 8.97. The summed E-state index contributed by atoms with van der Waals surface area (Å²) in [5, 5.41) is 9.46. The smallest absolute Gasteiger partial charge is 0.138 e. The van der Waals surface area contributed by atoms with Crippen molar-refractivity contribution in [3.8, 4) is 5.75 Å². The number of hydrogen-bond donors (Lipinski definition) is 1. The van der Waals surface area contributed by atoms with Gasteiger partial charge in [-0.15, -0.1) is 0 Å². The molecular formula is C13H11BrClNO2. The number of aliphatic hydroxyl groups excluding tert-OH is 1. The van der Waals surface area contributed by atoms with Crippen molar-refractivity contribution in [1.82, 2.24) is 4.98 Å². The highest BCUT2D eigenvalue weighted by molar-refractivity contribution is 9.10. The molecular weight excluding hydrogens is 318 g/mol. The Kier molecular flexibility index (Phi) is 4.58. The van der Waals surface area contributed by atoms with E-state index in [2.05, 4.69) is 20.9 Å². The van der Waals surface area contributed by atoms with E-state index >= 15 is 0 Å². The number of hydrogen-bond acceptors (Lipinski definition) is 3. The average Bonchev–Trinajstić information content (AvgIpc) is 2.39. The van der Waals surface area contributed by atoms with Crippen LogP contribution in [0.15, 0.2) is 41.0 Å². The molecule has 0 radical (unpaired) electrons. The zero-order chi connectivity index (χ0) is 13.0. The van der Waals surface area contributed by atoms with Gasteiger partial charge in [0.05, 0.1) is 17.3 Å². The molecule has 5 heteroatoms. The number of benzene rings is 1. The van der Waals surface area contributed by atoms with Gasteiger partial charge in [0.15, 0.2) is 0 Å². The Balaban J connectivity index is 2.04. The zero-order valence-corrected chi connectivity index (χ0v) is 11.8. The van der Waals surface area contributed by atoms with Crippen molar-refractivity contribution in [2.45, 2.75) is 13.2 Å². The minimum Gasteiger partial charge on any atom is -0.486 e. The van der Waals surface area contributed by atoms with Gasteiger partial charge in [-0.05, 0) is 45.8 Å². The summed E-state index contributed by atoms with van der Waals surface area (Å²) >= 11 is 9.36. The minimum atomic E-state index is -0.0335. The molecule has 0 atom stereocenters. The molecule has 0 bridgehead atoms. The summed E-state index contributed by atoms with van der Waals surface area (Å²) in [6.45, 7) is 0.319. The molecule has 0 spiro atoms. The summed E-state index contributed by atoms with van der Waals surface area (Å²) in [5.41, 5.74) is 1.58. The first-order chi connectivity index (χ1) is 8.69. The molecule has 18 heavy (non-hydrogen) atoms. The van der Waals surface area contributed by atoms with E-state index in [0.29, 0.717) is 17.4 Å². The van der Waals surface area contributed by atoms with Crippen LogP contribution in [0.2, 0.25) is 5.02 Å². The maximum atomic E-state index is 8.97. The second-order valence-corrected chi connectivity index (χ2v) is 5.00. The van der Waals surface area contributed by atoms with Crippen LogP contribution in [0.3, 0.4) is 0 Å². The molecule has 0 aliphatic carbocycles. The average molecular weight is 329 g/mol. The number of ether oxygens (including phenoxy) is 1. The molecule has 0 amide bonds. The van der Waals surface area contributed by atoms with Crippen LogP contribution in [0, 0.1) is 0 Å². The van der Waals surface area contributed by atoms with Gasteiger partial charge in [-0.25, -0.2) is 0 Å². The summed E-state index contributed by atoms with van der Waals surface area (Å²) in [6.07, 6.45) is 1.72. The summed E-state index contributed by atoms with van der Waals surface area (Å²) in [6, 6.07) is 8.98. The van der Waals surface area contributed by atoms with Gasteiger partial charge in [0.25, 0.3) is 0 Å². The quantitative estimate of drug-likeness (QED) is 0.933. The lowest BCUT2D eigenvalue weighted by Crippen LogP contribution is -1.98. The van der Waals surface area contributed by atoms with Crippen molar-refractivity contribution >= 4 is 27.5 Å². The number of halogens is 2. The minimum absolute atomic E-state index is 0.0335. The Morgan fingerprint density at radius 1 is 1.28 bits per heavy atom. The fourth-order valence-electron chi connectivity index (χ4n) is 1.40. The third-order valence-corrected chi connectivity index (χ3v) is 3.11. The van der Waals surface area contributed by atoms with E-state index in [1.807, 2.05) is 12.1 Å². The molecule has 2 rings (SSSR count). The molecule has 3 nitrogen and oxygen atoms in total. The van der Waals surface area contributed by atoms with Gasteiger partial charge in [-0.1, -0.05) is 17.7 Å². The van der Waals surface area contributed by atoms with Gasteiger partial charge < -0.3 is 9.84 Å². The molecule has 0 saturated heterocycles. The number of nitrogens with zero attached hydrogens (tertiary/aromatic N) is 1. The van der Waals surface area contributed by atoms with Crippen molar-refractivity contribution in [3.63, 3.8) is 0 Å². The molecule has 0 saturated carbocycles. The van der Waals surface area contributed by atoms with Gasteiger partial charge in [0, 0.05) is 10.7 Å². The Morgan fingerprint density at radius 3 is 2.72 bits per heavy atom. The zero-order valence-electron chi connectivity index (χ0n) is 9.44. The van der Waals surface area contributed by atoms with Gasteiger partial charge >= 0.3 is 0 Å². The SMILES string of the molecule is OCc1ccc(OCc2ccc(Br)cn2)c(Cl)c1. The lowest BCUT2D eigenvalue weighted by molar-refractivity contribution is 0.280. The second-order valence-electron chi connectivity index (χ2n) is 3.68. The highest BCUT2D eigenvalue weighted by Crippen LogP contribution is 2.26. The van der Waals surface area contributed by atoms with E-state index in [9.17, 15) is 0 Å². The standard InChI is InChI=1S/C13H11BrClNO2/c14-10-2-3-11(16-6-10)8-18-13-4-1-9(7-17)5-12(13)15/h1-6,17H,7-8H2. The molecule has 1 aromatic carbocycles. The van der Waals surface area contributed by atoms with Crippen LogP contribution in [0.4, 0.5) is 0 Å². The number of pyridine rings is 1. The fraction of sp³-hybridized carbons (Fsp3) is 0.154. The van der Waals surface area contributed by atoms with E-state index in [1.54, 1.807) is 24.4 Å². The molecule has 0 aliphatic rings. The van der Waals surface area contributed by atoms with Crippen molar-refractivity contribution < 1.29 is 9.84 Å². The lowest BCUT2D eigenvalue weighted by atomic mass is 10.2. The van der Waals surface area contributed by atoms with Gasteiger partial charge in [-0.3, -0.25) is 4.98 Å². The van der Waals surface area contributed by atoms with E-state index < -0.39 is 0 Å². The monoisotopic (exact) mass is 327 g/mol. The first-order valence-electron chi connectivity index (χ1n) is 5.31. The third kappa shape index (κ3) is 3.45. The van der Waals surface area contributed by atoms with Crippen molar-refractivity contribution in [2.24, 2.45) is 0 Å². The van der Waals surface area contributed by atoms with Crippen LogP contribution < -0.4 is 4.74 Å². The van der Waals surface area contributed by atoms with E-state index in [0.717, 1.165) is 15.7 Å². The Morgan fingerprint density at radius 2 is 2.11 bits per heavy atom. The Hall–Kier alpha value is -1.10. The van der Waals surface area contributed by atoms with Crippen molar-refractivity contribution in [1.29, 1.82) is 0 Å². The molecule has 94 valence electrons. The molecule has 0 aliphatic heterocycles. The first kappa shape index (κ1) is 13.3. The third-order valence-electron chi connectivity index (χ3n) is 2.34. The van der Waals surface area contributed by atoms with Crippen LogP contribution in [-0.2, 0) is 13.2 Å². The van der Waals surface area contributed by atoms with Gasteiger partial charge in [0.2, 0.25) is 0 Å². The van der Waals surface area contributed by atoms with E-state index in [4.69, 9.17) is 21.4 Å². The highest BCUT2D eigenvalue weighted by Gasteiger charge is 2.04. The summed E-state index contributed by atoms with van der Waals surface area (Å²) in [5.74, 6) is 0.582. The molecule has 1 aromatic heterocycles. The van der Waals surface area contributed by atoms with Crippen LogP contribution in [0.25, 0.3) is 0 Å². The van der Waals surface area contributed by atoms with Crippen LogP contribution in [0.1, 0.15) is 11.3 Å². The number of aromatic nitrogens is 1. The highest BCUT2D eigenvalue weighted by atomic mass is 79.9. The molecule has 0 fully saturated rings. The van der Waals surface area contributed by atoms with Crippen LogP contribution in [0.5, 0.6) is 5.75 Å². The van der Waals surface area contributed by atoms with E-state index in [1.165, 1.54) is 0 Å². The van der Waals surface area contributed by atoms with Crippen LogP contribution in [-0.4, -0.2) is 10.1 Å². The number of rotatable bonds is 4. The fourth-order valence-corrected chi connectivity index (χ4v) is 1.90. The maximum Gasteiger partial charge on any atom is 0.138 e. The van der Waals surface area contributed by atoms with Crippen LogP contribution >= 0.6 is 27.5 Å². The van der Waals surface area contributed by atoms with E-state index in [-0.39, 0.29) is 6.61 Å². The predicted octanol–water partition coefficient (Wildman–Crippen LogP) is 3.57. The summed E-state index contributed by atoms with van der Waals surface area (Å²) in [7, 11) is 0. The van der Waals surface area contributed by atoms with Crippen molar-refractivity contribution in [2.75, 3.05) is 0 Å².